The van der Waals surface area contributed by atoms with E-state index in [0.29, 0.717) is 18.7 Å². The number of nitrogens with two attached hydrogens (primary N) is 1. The number of benzene rings is 2. The van der Waals surface area contributed by atoms with Gasteiger partial charge in [-0.25, -0.2) is 0 Å². The van der Waals surface area contributed by atoms with Crippen LogP contribution in [0.2, 0.25) is 0 Å². The number of nitrogens with zero attached hydrogens (tertiary/aromatic N) is 1. The van der Waals surface area contributed by atoms with E-state index in [2.05, 4.69) is 0 Å². The third kappa shape index (κ3) is 4.41. The van der Waals surface area contributed by atoms with Gasteiger partial charge in [0.2, 0.25) is 0 Å². The third-order valence-electron chi connectivity index (χ3n) is 4.27. The summed E-state index contributed by atoms with van der Waals surface area (Å²) in [7, 11) is 1.64. The highest BCUT2D eigenvalue weighted by molar-refractivity contribution is 6.24. The molecule has 2 aromatic carbocycles. The second-order valence-corrected chi connectivity index (χ2v) is 5.97. The van der Waals surface area contributed by atoms with Crippen LogP contribution in [0.15, 0.2) is 54.6 Å². The highest BCUT2D eigenvalue weighted by atomic mass is 35.5. The standard InChI is InChI=1S/C20H22N2O2.ClH/c1-24-19-10-6-5-9-16(19)13-18(15-7-3-2-4-8-15)20(23)22-12-11-17(21)14-22;/h2-10,13,17H,11-12,14,21H2,1H3;1H. The SMILES string of the molecule is COc1ccccc1C=C(C(=O)N1CCC(N)C1)c1ccccc1.Cl. The molecule has 1 saturated heterocycles. The zero-order valence-corrected chi connectivity index (χ0v) is 15.0. The first-order valence-electron chi connectivity index (χ1n) is 8.14. The van der Waals surface area contributed by atoms with E-state index >= 15 is 0 Å². The van der Waals surface area contributed by atoms with Crippen molar-refractivity contribution < 1.29 is 9.53 Å². The summed E-state index contributed by atoms with van der Waals surface area (Å²) in [4.78, 5) is 14.9. The van der Waals surface area contributed by atoms with Crippen LogP contribution >= 0.6 is 12.4 Å². The quantitative estimate of drug-likeness (QED) is 0.674. The normalized spacial score (nSPS) is 17.1. The van der Waals surface area contributed by atoms with Crippen molar-refractivity contribution in [1.29, 1.82) is 0 Å². The lowest BCUT2D eigenvalue weighted by Crippen LogP contribution is -2.32. The maximum atomic E-state index is 13.1. The molecule has 2 aromatic rings. The molecule has 5 heteroatoms. The van der Waals surface area contributed by atoms with Gasteiger partial charge in [-0.3, -0.25) is 4.79 Å². The fourth-order valence-corrected chi connectivity index (χ4v) is 2.97. The number of carbonyl (C=O) groups is 1. The summed E-state index contributed by atoms with van der Waals surface area (Å²) in [6, 6.07) is 17.5. The van der Waals surface area contributed by atoms with E-state index in [9.17, 15) is 4.79 Å². The van der Waals surface area contributed by atoms with Gasteiger partial charge in [-0.1, -0.05) is 48.5 Å². The molecule has 1 amide bonds. The largest absolute Gasteiger partial charge is 0.496 e. The zero-order valence-electron chi connectivity index (χ0n) is 14.2. The lowest BCUT2D eigenvalue weighted by molar-refractivity contribution is -0.124. The molecular weight excluding hydrogens is 336 g/mol. The van der Waals surface area contributed by atoms with Gasteiger partial charge in [0, 0.05) is 30.3 Å². The molecule has 3 rings (SSSR count). The Morgan fingerprint density at radius 1 is 1.16 bits per heavy atom. The molecule has 25 heavy (non-hydrogen) atoms. The maximum Gasteiger partial charge on any atom is 0.254 e. The van der Waals surface area contributed by atoms with Crippen molar-refractivity contribution in [2.45, 2.75) is 12.5 Å². The molecule has 4 nitrogen and oxygen atoms in total. The monoisotopic (exact) mass is 358 g/mol. The van der Waals surface area contributed by atoms with Gasteiger partial charge in [-0.2, -0.15) is 0 Å². The highest BCUT2D eigenvalue weighted by Crippen LogP contribution is 2.27. The average molecular weight is 359 g/mol. The summed E-state index contributed by atoms with van der Waals surface area (Å²) in [5.74, 6) is 0.761. The lowest BCUT2D eigenvalue weighted by atomic mass is 10.0. The van der Waals surface area contributed by atoms with Crippen LogP contribution in [0.5, 0.6) is 5.75 Å². The number of hydrogen-bond acceptors (Lipinski definition) is 3. The molecule has 0 radical (unpaired) electrons. The number of rotatable bonds is 4. The first-order chi connectivity index (χ1) is 11.7. The molecule has 2 N–H and O–H groups in total. The second-order valence-electron chi connectivity index (χ2n) is 5.97. The van der Waals surface area contributed by atoms with Gasteiger partial charge in [0.25, 0.3) is 5.91 Å². The zero-order chi connectivity index (χ0) is 16.9. The Labute approximate surface area is 154 Å². The van der Waals surface area contributed by atoms with E-state index in [-0.39, 0.29) is 24.4 Å². The predicted molar refractivity (Wildman–Crippen MR) is 104 cm³/mol. The molecule has 0 saturated carbocycles. The highest BCUT2D eigenvalue weighted by Gasteiger charge is 2.26. The maximum absolute atomic E-state index is 13.1. The summed E-state index contributed by atoms with van der Waals surface area (Å²) in [5, 5.41) is 0. The van der Waals surface area contributed by atoms with E-state index < -0.39 is 0 Å². The average Bonchev–Trinajstić information content (AvgIpc) is 3.06. The van der Waals surface area contributed by atoms with Gasteiger partial charge >= 0.3 is 0 Å². The Hall–Kier alpha value is -2.30. The second kappa shape index (κ2) is 8.70. The van der Waals surface area contributed by atoms with Gasteiger partial charge in [0.15, 0.2) is 0 Å². The first-order valence-corrected chi connectivity index (χ1v) is 8.14. The first kappa shape index (κ1) is 19.0. The van der Waals surface area contributed by atoms with Crippen LogP contribution < -0.4 is 10.5 Å². The number of amides is 1. The number of halogens is 1. The van der Waals surface area contributed by atoms with Crippen LogP contribution in [0.4, 0.5) is 0 Å². The summed E-state index contributed by atoms with van der Waals surface area (Å²) in [6.07, 6.45) is 2.75. The van der Waals surface area contributed by atoms with Crippen molar-refractivity contribution in [2.75, 3.05) is 20.2 Å². The molecule has 1 aliphatic rings. The fraction of sp³-hybridized carbons (Fsp3) is 0.250. The van der Waals surface area contributed by atoms with Crippen molar-refractivity contribution >= 4 is 30.0 Å². The molecule has 1 aliphatic heterocycles. The molecule has 1 unspecified atom stereocenters. The van der Waals surface area contributed by atoms with Crippen molar-refractivity contribution in [3.63, 3.8) is 0 Å². The Morgan fingerprint density at radius 2 is 1.84 bits per heavy atom. The summed E-state index contributed by atoms with van der Waals surface area (Å²) in [6.45, 7) is 1.31. The predicted octanol–water partition coefficient (Wildman–Crippen LogP) is 3.22. The van der Waals surface area contributed by atoms with Crippen molar-refractivity contribution in [3.8, 4) is 5.75 Å². The van der Waals surface area contributed by atoms with Crippen LogP contribution in [0.1, 0.15) is 17.5 Å². The lowest BCUT2D eigenvalue weighted by Gasteiger charge is -2.18. The van der Waals surface area contributed by atoms with E-state index in [0.717, 1.165) is 23.3 Å². The number of hydrogen-bond donors (Lipinski definition) is 1. The van der Waals surface area contributed by atoms with E-state index in [4.69, 9.17) is 10.5 Å². The van der Waals surface area contributed by atoms with Gasteiger partial charge in [0.1, 0.15) is 5.75 Å². The van der Waals surface area contributed by atoms with Crippen LogP contribution in [0, 0.1) is 0 Å². The molecule has 0 spiro atoms. The minimum Gasteiger partial charge on any atom is -0.496 e. The summed E-state index contributed by atoms with van der Waals surface area (Å²) in [5.41, 5.74) is 8.41. The summed E-state index contributed by atoms with van der Waals surface area (Å²) < 4.78 is 5.41. The minimum absolute atomic E-state index is 0. The van der Waals surface area contributed by atoms with Gasteiger partial charge in [-0.05, 0) is 24.1 Å². The van der Waals surface area contributed by atoms with Gasteiger partial charge < -0.3 is 15.4 Å². The van der Waals surface area contributed by atoms with E-state index in [1.54, 1.807) is 7.11 Å². The Bertz CT molecular complexity index is 746. The molecule has 0 bridgehead atoms. The van der Waals surface area contributed by atoms with Gasteiger partial charge in [0.05, 0.1) is 7.11 Å². The van der Waals surface area contributed by atoms with Crippen LogP contribution in [-0.4, -0.2) is 37.0 Å². The van der Waals surface area contributed by atoms with Crippen molar-refractivity contribution in [3.05, 3.63) is 65.7 Å². The molecule has 1 fully saturated rings. The molecular formula is C20H23ClN2O2. The number of carbonyl (C=O) groups excluding carboxylic acids is 1. The molecule has 1 atom stereocenters. The number of para-hydroxylation sites is 1. The molecule has 0 aromatic heterocycles. The molecule has 132 valence electrons. The van der Waals surface area contributed by atoms with E-state index in [1.807, 2.05) is 65.6 Å². The third-order valence-corrected chi connectivity index (χ3v) is 4.27. The molecule has 1 heterocycles. The Kier molecular flexibility index (Phi) is 6.62. The van der Waals surface area contributed by atoms with Crippen LogP contribution in [0.25, 0.3) is 11.6 Å². The molecule has 0 aliphatic carbocycles. The Morgan fingerprint density at radius 3 is 2.48 bits per heavy atom. The number of ether oxygens (including phenoxy) is 1. The van der Waals surface area contributed by atoms with Crippen molar-refractivity contribution in [2.24, 2.45) is 5.73 Å². The van der Waals surface area contributed by atoms with Crippen LogP contribution in [0.3, 0.4) is 0 Å². The van der Waals surface area contributed by atoms with Gasteiger partial charge in [-0.15, -0.1) is 12.4 Å². The van der Waals surface area contributed by atoms with E-state index in [1.165, 1.54) is 0 Å². The summed E-state index contributed by atoms with van der Waals surface area (Å²) >= 11 is 0. The number of likely N-dealkylation sites (tertiary alicyclic amines) is 1. The Balaban J connectivity index is 0.00000225. The minimum atomic E-state index is 0. The van der Waals surface area contributed by atoms with Crippen molar-refractivity contribution in [1.82, 2.24) is 4.90 Å². The topological polar surface area (TPSA) is 55.6 Å². The van der Waals surface area contributed by atoms with Crippen LogP contribution in [-0.2, 0) is 4.79 Å². The smallest absolute Gasteiger partial charge is 0.254 e. The fourth-order valence-electron chi connectivity index (χ4n) is 2.97. The number of methoxy groups -OCH3 is 1.